The molecule has 2 rings (SSSR count). The summed E-state index contributed by atoms with van der Waals surface area (Å²) in [6.07, 6.45) is 2.07. The second-order valence-electron chi connectivity index (χ2n) is 4.12. The number of nitrogens with one attached hydrogen (secondary N) is 2. The minimum atomic E-state index is -0.161. The Hall–Kier alpha value is -0.770. The van der Waals surface area contributed by atoms with E-state index in [-0.39, 0.29) is 11.9 Å². The molecule has 1 aliphatic heterocycles. The van der Waals surface area contributed by atoms with Crippen molar-refractivity contribution in [2.75, 3.05) is 13.1 Å². The van der Waals surface area contributed by atoms with Crippen LogP contribution in [0, 0.1) is 0 Å². The summed E-state index contributed by atoms with van der Waals surface area (Å²) in [7, 11) is 0. The molecular weight excluding hydrogens is 259 g/mol. The quantitative estimate of drug-likeness (QED) is 0.869. The largest absolute Gasteiger partial charge is 0.348 e. The molecule has 1 fully saturated rings. The van der Waals surface area contributed by atoms with Crippen molar-refractivity contribution in [1.29, 1.82) is 0 Å². The average Bonchev–Trinajstić information content (AvgIpc) is 2.34. The Morgan fingerprint density at radius 1 is 1.41 bits per heavy atom. The Bertz CT molecular complexity index is 417. The molecule has 1 aliphatic rings. The Labute approximate surface area is 110 Å². The van der Waals surface area contributed by atoms with Gasteiger partial charge >= 0.3 is 0 Å². The molecule has 0 spiro atoms. The van der Waals surface area contributed by atoms with Crippen LogP contribution in [0.1, 0.15) is 23.2 Å². The van der Waals surface area contributed by atoms with Gasteiger partial charge < -0.3 is 10.6 Å². The second-order valence-corrected chi connectivity index (χ2v) is 4.90. The van der Waals surface area contributed by atoms with Crippen LogP contribution in [0.25, 0.3) is 0 Å². The minimum absolute atomic E-state index is 0.161. The van der Waals surface area contributed by atoms with Crippen LogP contribution in [0.4, 0.5) is 0 Å². The summed E-state index contributed by atoms with van der Waals surface area (Å²) in [6.45, 7) is 1.83. The zero-order chi connectivity index (χ0) is 12.3. The second kappa shape index (κ2) is 5.71. The zero-order valence-corrected chi connectivity index (χ0v) is 10.8. The van der Waals surface area contributed by atoms with Gasteiger partial charge in [-0.05, 0) is 31.5 Å². The van der Waals surface area contributed by atoms with E-state index in [0.717, 1.165) is 25.9 Å². The van der Waals surface area contributed by atoms with Gasteiger partial charge in [-0.15, -0.1) is 0 Å². The summed E-state index contributed by atoms with van der Waals surface area (Å²) in [5, 5.41) is 6.92. The molecule has 0 aromatic heterocycles. The molecule has 0 bridgehead atoms. The first kappa shape index (κ1) is 12.7. The summed E-state index contributed by atoms with van der Waals surface area (Å²) in [6, 6.07) is 5.25. The molecule has 1 aromatic carbocycles. The van der Waals surface area contributed by atoms with E-state index in [2.05, 4.69) is 10.6 Å². The van der Waals surface area contributed by atoms with Gasteiger partial charge in [-0.1, -0.05) is 29.3 Å². The number of halogens is 2. The molecule has 3 nitrogen and oxygen atoms in total. The molecule has 1 atom stereocenters. The van der Waals surface area contributed by atoms with Crippen molar-refractivity contribution in [3.8, 4) is 0 Å². The van der Waals surface area contributed by atoms with E-state index in [1.54, 1.807) is 18.2 Å². The topological polar surface area (TPSA) is 41.1 Å². The molecular formula is C12H14Cl2N2O. The van der Waals surface area contributed by atoms with E-state index in [9.17, 15) is 4.79 Å². The van der Waals surface area contributed by atoms with E-state index in [1.165, 1.54) is 0 Å². The van der Waals surface area contributed by atoms with Crippen molar-refractivity contribution in [3.63, 3.8) is 0 Å². The number of hydrogen-bond acceptors (Lipinski definition) is 2. The van der Waals surface area contributed by atoms with Crippen LogP contribution in [0.15, 0.2) is 18.2 Å². The van der Waals surface area contributed by atoms with E-state index < -0.39 is 0 Å². The van der Waals surface area contributed by atoms with Crippen molar-refractivity contribution in [1.82, 2.24) is 10.6 Å². The number of benzene rings is 1. The van der Waals surface area contributed by atoms with Crippen molar-refractivity contribution in [2.24, 2.45) is 0 Å². The summed E-state index contributed by atoms with van der Waals surface area (Å²) in [4.78, 5) is 12.0. The van der Waals surface area contributed by atoms with Gasteiger partial charge in [0.2, 0.25) is 0 Å². The Balaban J connectivity index is 2.06. The normalized spacial score (nSPS) is 20.0. The first-order valence-corrected chi connectivity index (χ1v) is 6.39. The fourth-order valence-electron chi connectivity index (χ4n) is 1.92. The molecule has 17 heavy (non-hydrogen) atoms. The van der Waals surface area contributed by atoms with Crippen LogP contribution >= 0.6 is 23.2 Å². The number of rotatable bonds is 2. The van der Waals surface area contributed by atoms with Crippen molar-refractivity contribution in [3.05, 3.63) is 33.8 Å². The highest BCUT2D eigenvalue weighted by molar-refractivity contribution is 6.43. The molecule has 0 unspecified atom stereocenters. The lowest BCUT2D eigenvalue weighted by Gasteiger charge is -2.24. The van der Waals surface area contributed by atoms with Gasteiger partial charge in [-0.25, -0.2) is 0 Å². The zero-order valence-electron chi connectivity index (χ0n) is 9.30. The molecule has 1 amide bonds. The molecule has 0 radical (unpaired) electrons. The van der Waals surface area contributed by atoms with Gasteiger partial charge in [0.05, 0.1) is 15.6 Å². The van der Waals surface area contributed by atoms with E-state index >= 15 is 0 Å². The van der Waals surface area contributed by atoms with Crippen LogP contribution in [-0.4, -0.2) is 25.0 Å². The third-order valence-electron chi connectivity index (χ3n) is 2.83. The van der Waals surface area contributed by atoms with Crippen LogP contribution in [0.3, 0.4) is 0 Å². The standard InChI is InChI=1S/C12H14Cl2N2O/c13-10-5-1-4-9(11(10)14)12(17)16-8-3-2-6-15-7-8/h1,4-5,8,15H,2-3,6-7H2,(H,16,17)/t8-/m0/s1. The van der Waals surface area contributed by atoms with Crippen LogP contribution in [-0.2, 0) is 0 Å². The van der Waals surface area contributed by atoms with Crippen LogP contribution in [0.2, 0.25) is 10.0 Å². The third kappa shape index (κ3) is 3.12. The molecule has 1 heterocycles. The van der Waals surface area contributed by atoms with Crippen molar-refractivity contribution >= 4 is 29.1 Å². The lowest BCUT2D eigenvalue weighted by atomic mass is 10.1. The molecule has 2 N–H and O–H groups in total. The maximum atomic E-state index is 12.0. The number of carbonyl (C=O) groups is 1. The smallest absolute Gasteiger partial charge is 0.253 e. The van der Waals surface area contributed by atoms with E-state index in [0.29, 0.717) is 15.6 Å². The van der Waals surface area contributed by atoms with Crippen LogP contribution < -0.4 is 10.6 Å². The van der Waals surface area contributed by atoms with E-state index in [1.807, 2.05) is 0 Å². The van der Waals surface area contributed by atoms with Crippen molar-refractivity contribution in [2.45, 2.75) is 18.9 Å². The number of hydrogen-bond donors (Lipinski definition) is 2. The molecule has 5 heteroatoms. The summed E-state index contributed by atoms with van der Waals surface area (Å²) < 4.78 is 0. The predicted molar refractivity (Wildman–Crippen MR) is 69.8 cm³/mol. The van der Waals surface area contributed by atoms with Crippen LogP contribution in [0.5, 0.6) is 0 Å². The Morgan fingerprint density at radius 3 is 2.94 bits per heavy atom. The molecule has 0 saturated carbocycles. The fourth-order valence-corrected chi connectivity index (χ4v) is 2.30. The first-order chi connectivity index (χ1) is 8.18. The van der Waals surface area contributed by atoms with Gasteiger partial charge in [0.1, 0.15) is 0 Å². The van der Waals surface area contributed by atoms with Gasteiger partial charge in [0, 0.05) is 12.6 Å². The summed E-state index contributed by atoms with van der Waals surface area (Å²) in [5.41, 5.74) is 0.435. The number of carbonyl (C=O) groups excluding carboxylic acids is 1. The number of piperidine rings is 1. The summed E-state index contributed by atoms with van der Waals surface area (Å²) >= 11 is 11.9. The lowest BCUT2D eigenvalue weighted by molar-refractivity contribution is 0.0931. The van der Waals surface area contributed by atoms with Crippen molar-refractivity contribution < 1.29 is 4.79 Å². The summed E-state index contributed by atoms with van der Waals surface area (Å²) in [5.74, 6) is -0.161. The lowest BCUT2D eigenvalue weighted by Crippen LogP contribution is -2.45. The fraction of sp³-hybridized carbons (Fsp3) is 0.417. The molecule has 1 saturated heterocycles. The Morgan fingerprint density at radius 2 is 2.24 bits per heavy atom. The van der Waals surface area contributed by atoms with Gasteiger partial charge in [-0.2, -0.15) is 0 Å². The molecule has 0 aliphatic carbocycles. The maximum Gasteiger partial charge on any atom is 0.253 e. The van der Waals surface area contributed by atoms with Gasteiger partial charge in [0.25, 0.3) is 5.91 Å². The van der Waals surface area contributed by atoms with Gasteiger partial charge in [-0.3, -0.25) is 4.79 Å². The SMILES string of the molecule is O=C(N[C@H]1CCCNC1)c1cccc(Cl)c1Cl. The van der Waals surface area contributed by atoms with E-state index in [4.69, 9.17) is 23.2 Å². The molecule has 92 valence electrons. The predicted octanol–water partition coefficient (Wildman–Crippen LogP) is 2.48. The first-order valence-electron chi connectivity index (χ1n) is 5.64. The Kier molecular flexibility index (Phi) is 4.26. The van der Waals surface area contributed by atoms with Gasteiger partial charge in [0.15, 0.2) is 0 Å². The average molecular weight is 273 g/mol. The molecule has 1 aromatic rings. The maximum absolute atomic E-state index is 12.0. The minimum Gasteiger partial charge on any atom is -0.348 e. The highest BCUT2D eigenvalue weighted by Crippen LogP contribution is 2.25. The monoisotopic (exact) mass is 272 g/mol. The highest BCUT2D eigenvalue weighted by Gasteiger charge is 2.18. The number of amides is 1. The highest BCUT2D eigenvalue weighted by atomic mass is 35.5. The third-order valence-corrected chi connectivity index (χ3v) is 3.65.